The Labute approximate surface area is 150 Å². The zero-order valence-corrected chi connectivity index (χ0v) is 14.4. The smallest absolute Gasteiger partial charge is 0.233 e. The molecule has 0 amide bonds. The van der Waals surface area contributed by atoms with Crippen LogP contribution in [-0.2, 0) is 0 Å². The lowest BCUT2D eigenvalue weighted by atomic mass is 10.1. The number of aryl methyl sites for hydroxylation is 1. The second-order valence-electron chi connectivity index (χ2n) is 5.84. The molecule has 0 saturated heterocycles. The van der Waals surface area contributed by atoms with Gasteiger partial charge in [-0.25, -0.2) is 4.98 Å². The number of ether oxygens (including phenoxy) is 1. The van der Waals surface area contributed by atoms with E-state index >= 15 is 0 Å². The van der Waals surface area contributed by atoms with E-state index in [0.717, 1.165) is 16.7 Å². The minimum Gasteiger partial charge on any atom is -0.477 e. The Bertz CT molecular complexity index is 1100. The molecule has 0 aliphatic heterocycles. The van der Waals surface area contributed by atoms with Gasteiger partial charge in [-0.05, 0) is 44.2 Å². The van der Waals surface area contributed by atoms with Crippen LogP contribution in [0, 0.1) is 18.3 Å². The van der Waals surface area contributed by atoms with Crippen LogP contribution in [0.2, 0.25) is 0 Å². The Morgan fingerprint density at radius 1 is 1.08 bits per heavy atom. The number of hydrogen-bond acceptors (Lipinski definition) is 5. The van der Waals surface area contributed by atoms with Crippen molar-refractivity contribution in [2.75, 3.05) is 6.61 Å². The minimum absolute atomic E-state index is 0.275. The van der Waals surface area contributed by atoms with Gasteiger partial charge in [-0.3, -0.25) is 0 Å². The van der Waals surface area contributed by atoms with Crippen molar-refractivity contribution in [1.29, 1.82) is 5.26 Å². The summed E-state index contributed by atoms with van der Waals surface area (Å²) in [5, 5.41) is 10.6. The molecule has 0 radical (unpaired) electrons. The average molecular weight is 344 g/mol. The van der Waals surface area contributed by atoms with Crippen molar-refractivity contribution in [3.05, 3.63) is 59.9 Å². The lowest BCUT2D eigenvalue weighted by Gasteiger charge is -2.10. The molecule has 5 nitrogen and oxygen atoms in total. The van der Waals surface area contributed by atoms with Gasteiger partial charge in [0.1, 0.15) is 34.4 Å². The van der Waals surface area contributed by atoms with Crippen LogP contribution in [0.4, 0.5) is 0 Å². The first-order chi connectivity index (χ1) is 12.7. The fraction of sp³-hybridized carbons (Fsp3) is 0.143. The zero-order valence-electron chi connectivity index (χ0n) is 14.4. The van der Waals surface area contributed by atoms with E-state index in [2.05, 4.69) is 11.1 Å². The molecule has 0 saturated carbocycles. The Morgan fingerprint density at radius 2 is 1.92 bits per heavy atom. The number of pyridine rings is 1. The number of nitriles is 1. The van der Waals surface area contributed by atoms with Crippen molar-refractivity contribution in [3.63, 3.8) is 0 Å². The van der Waals surface area contributed by atoms with Gasteiger partial charge in [0, 0.05) is 10.9 Å². The van der Waals surface area contributed by atoms with Gasteiger partial charge in [-0.2, -0.15) is 5.26 Å². The van der Waals surface area contributed by atoms with Crippen molar-refractivity contribution in [2.45, 2.75) is 13.8 Å². The second kappa shape index (κ2) is 6.41. The molecule has 0 atom stereocenters. The highest BCUT2D eigenvalue weighted by molar-refractivity contribution is 5.83. The maximum atomic E-state index is 9.63. The molecule has 0 fully saturated rings. The van der Waals surface area contributed by atoms with Crippen molar-refractivity contribution in [2.24, 2.45) is 0 Å². The molecule has 128 valence electrons. The van der Waals surface area contributed by atoms with E-state index in [-0.39, 0.29) is 5.88 Å². The largest absolute Gasteiger partial charge is 0.477 e. The van der Waals surface area contributed by atoms with Gasteiger partial charge in [0.25, 0.3) is 0 Å². The van der Waals surface area contributed by atoms with Crippen LogP contribution < -0.4 is 4.74 Å². The van der Waals surface area contributed by atoms with Gasteiger partial charge in [-0.15, -0.1) is 0 Å². The third kappa shape index (κ3) is 2.72. The van der Waals surface area contributed by atoms with E-state index in [1.165, 1.54) is 0 Å². The fourth-order valence-electron chi connectivity index (χ4n) is 2.88. The third-order valence-electron chi connectivity index (χ3n) is 4.06. The molecular formula is C21H16N2O3. The maximum absolute atomic E-state index is 9.63. The van der Waals surface area contributed by atoms with Gasteiger partial charge in [0.2, 0.25) is 5.88 Å². The van der Waals surface area contributed by atoms with E-state index < -0.39 is 0 Å². The average Bonchev–Trinajstić information content (AvgIpc) is 3.27. The summed E-state index contributed by atoms with van der Waals surface area (Å²) in [5.41, 5.74) is 2.35. The predicted octanol–water partition coefficient (Wildman–Crippen LogP) is 5.33. The molecule has 1 aromatic carbocycles. The van der Waals surface area contributed by atoms with E-state index in [4.69, 9.17) is 13.6 Å². The molecule has 0 aliphatic carbocycles. The van der Waals surface area contributed by atoms with Crippen molar-refractivity contribution < 1.29 is 13.6 Å². The normalized spacial score (nSPS) is 10.8. The first kappa shape index (κ1) is 16.0. The van der Waals surface area contributed by atoms with Crippen LogP contribution in [0.3, 0.4) is 0 Å². The molecule has 0 bridgehead atoms. The van der Waals surface area contributed by atoms with Gasteiger partial charge in [0.05, 0.1) is 6.61 Å². The molecule has 3 aromatic heterocycles. The summed E-state index contributed by atoms with van der Waals surface area (Å²) in [5.74, 6) is 2.25. The van der Waals surface area contributed by atoms with Crippen molar-refractivity contribution >= 4 is 11.0 Å². The summed E-state index contributed by atoms with van der Waals surface area (Å²) in [7, 11) is 0. The second-order valence-corrected chi connectivity index (χ2v) is 5.84. The van der Waals surface area contributed by atoms with Gasteiger partial charge in [0.15, 0.2) is 5.76 Å². The number of rotatable bonds is 4. The topological polar surface area (TPSA) is 72.2 Å². The first-order valence-corrected chi connectivity index (χ1v) is 8.33. The SMILES string of the molecule is CCOc1nc(-c2cc3ccccc3o2)cc(-c2ccc(C)o2)c1C#N. The molecule has 0 spiro atoms. The number of para-hydroxylation sites is 1. The lowest BCUT2D eigenvalue weighted by molar-refractivity contribution is 0.326. The van der Waals surface area contributed by atoms with E-state index in [1.807, 2.05) is 56.3 Å². The summed E-state index contributed by atoms with van der Waals surface area (Å²) in [6.07, 6.45) is 0. The van der Waals surface area contributed by atoms with E-state index in [9.17, 15) is 5.26 Å². The maximum Gasteiger partial charge on any atom is 0.233 e. The van der Waals surface area contributed by atoms with Crippen molar-refractivity contribution in [3.8, 4) is 34.7 Å². The van der Waals surface area contributed by atoms with Crippen molar-refractivity contribution in [1.82, 2.24) is 4.98 Å². The Kier molecular flexibility index (Phi) is 3.94. The van der Waals surface area contributed by atoms with Crippen LogP contribution >= 0.6 is 0 Å². The molecule has 4 aromatic rings. The molecule has 0 unspecified atom stereocenters. The van der Waals surface area contributed by atoms with Gasteiger partial charge < -0.3 is 13.6 Å². The van der Waals surface area contributed by atoms with Crippen LogP contribution in [-0.4, -0.2) is 11.6 Å². The summed E-state index contributed by atoms with van der Waals surface area (Å²) >= 11 is 0. The number of benzene rings is 1. The molecule has 5 heteroatoms. The fourth-order valence-corrected chi connectivity index (χ4v) is 2.88. The Morgan fingerprint density at radius 3 is 2.62 bits per heavy atom. The summed E-state index contributed by atoms with van der Waals surface area (Å²) in [6, 6.07) is 17.4. The molecule has 0 N–H and O–H groups in total. The summed E-state index contributed by atoms with van der Waals surface area (Å²) in [4.78, 5) is 4.51. The summed E-state index contributed by atoms with van der Waals surface area (Å²) in [6.45, 7) is 4.12. The zero-order chi connectivity index (χ0) is 18.1. The Hall–Kier alpha value is -3.52. The standard InChI is InChI=1S/C21H16N2O3/c1-3-24-21-16(12-22)15(19-9-8-13(2)25-19)11-17(23-21)20-10-14-6-4-5-7-18(14)26-20/h4-11H,3H2,1-2H3. The van der Waals surface area contributed by atoms with E-state index in [1.54, 1.807) is 6.07 Å². The number of nitrogens with zero attached hydrogens (tertiary/aromatic N) is 2. The molecule has 3 heterocycles. The lowest BCUT2D eigenvalue weighted by Crippen LogP contribution is -2.00. The monoisotopic (exact) mass is 344 g/mol. The number of hydrogen-bond donors (Lipinski definition) is 0. The predicted molar refractivity (Wildman–Crippen MR) is 97.8 cm³/mol. The van der Waals surface area contributed by atoms with Crippen LogP contribution in [0.5, 0.6) is 5.88 Å². The first-order valence-electron chi connectivity index (χ1n) is 8.33. The number of aromatic nitrogens is 1. The quantitative estimate of drug-likeness (QED) is 0.500. The number of fused-ring (bicyclic) bond motifs is 1. The van der Waals surface area contributed by atoms with Gasteiger partial charge >= 0.3 is 0 Å². The highest BCUT2D eigenvalue weighted by Crippen LogP contribution is 2.35. The van der Waals surface area contributed by atoms with Crippen LogP contribution in [0.1, 0.15) is 18.2 Å². The third-order valence-corrected chi connectivity index (χ3v) is 4.06. The molecule has 26 heavy (non-hydrogen) atoms. The van der Waals surface area contributed by atoms with Crippen LogP contribution in [0.25, 0.3) is 33.7 Å². The minimum atomic E-state index is 0.275. The molecular weight excluding hydrogens is 328 g/mol. The number of furan rings is 2. The van der Waals surface area contributed by atoms with E-state index in [0.29, 0.717) is 34.9 Å². The summed E-state index contributed by atoms with van der Waals surface area (Å²) < 4.78 is 17.3. The molecule has 4 rings (SSSR count). The van der Waals surface area contributed by atoms with Crippen LogP contribution in [0.15, 0.2) is 57.4 Å². The highest BCUT2D eigenvalue weighted by Gasteiger charge is 2.20. The highest BCUT2D eigenvalue weighted by atomic mass is 16.5. The molecule has 0 aliphatic rings. The Balaban J connectivity index is 1.95. The van der Waals surface area contributed by atoms with Gasteiger partial charge in [-0.1, -0.05) is 18.2 Å².